The molecule has 0 saturated carbocycles. The Kier molecular flexibility index (Phi) is 5.65. The van der Waals surface area contributed by atoms with Gasteiger partial charge in [0.25, 0.3) is 0 Å². The lowest BCUT2D eigenvalue weighted by Gasteiger charge is -2.23. The molecule has 0 amide bonds. The third-order valence-corrected chi connectivity index (χ3v) is 5.34. The van der Waals surface area contributed by atoms with Gasteiger partial charge in [0.2, 0.25) is 5.95 Å². The summed E-state index contributed by atoms with van der Waals surface area (Å²) in [6.07, 6.45) is 2.57. The van der Waals surface area contributed by atoms with E-state index in [1.54, 1.807) is 0 Å². The van der Waals surface area contributed by atoms with Crippen LogP contribution in [0.5, 0.6) is 0 Å². The first-order chi connectivity index (χ1) is 14.1. The second-order valence-electron chi connectivity index (χ2n) is 7.64. The molecule has 0 radical (unpaired) electrons. The van der Waals surface area contributed by atoms with E-state index < -0.39 is 0 Å². The number of anilines is 5. The van der Waals surface area contributed by atoms with Crippen LogP contribution in [0.15, 0.2) is 54.6 Å². The number of nitrogens with zero attached hydrogens (tertiary/aromatic N) is 4. The molecule has 0 aliphatic carbocycles. The van der Waals surface area contributed by atoms with E-state index in [1.165, 1.54) is 24.1 Å². The molecule has 2 aromatic carbocycles. The molecule has 5 nitrogen and oxygen atoms in total. The van der Waals surface area contributed by atoms with Crippen molar-refractivity contribution in [2.45, 2.75) is 33.6 Å². The van der Waals surface area contributed by atoms with Gasteiger partial charge >= 0.3 is 0 Å². The first-order valence-corrected chi connectivity index (χ1v) is 10.4. The average molecular weight is 388 g/mol. The minimum Gasteiger partial charge on any atom is -0.372 e. The highest BCUT2D eigenvalue weighted by Gasteiger charge is 2.13. The Hall–Kier alpha value is -3.08. The van der Waals surface area contributed by atoms with Crippen LogP contribution >= 0.6 is 0 Å². The summed E-state index contributed by atoms with van der Waals surface area (Å²) >= 11 is 0. The minimum atomic E-state index is 0.625. The molecule has 1 fully saturated rings. The Morgan fingerprint density at radius 1 is 0.966 bits per heavy atom. The van der Waals surface area contributed by atoms with Crippen molar-refractivity contribution in [3.05, 3.63) is 65.9 Å². The van der Waals surface area contributed by atoms with Gasteiger partial charge in [-0.15, -0.1) is 0 Å². The summed E-state index contributed by atoms with van der Waals surface area (Å²) in [6, 6.07) is 19.1. The molecule has 150 valence electrons. The van der Waals surface area contributed by atoms with Crippen molar-refractivity contribution >= 4 is 28.8 Å². The van der Waals surface area contributed by atoms with Crippen molar-refractivity contribution in [2.75, 3.05) is 34.8 Å². The van der Waals surface area contributed by atoms with Crippen molar-refractivity contribution in [3.8, 4) is 0 Å². The van der Waals surface area contributed by atoms with Gasteiger partial charge in [-0.25, -0.2) is 4.98 Å². The van der Waals surface area contributed by atoms with Crippen LogP contribution in [0.4, 0.5) is 28.8 Å². The molecule has 0 spiro atoms. The fraction of sp³-hybridized carbons (Fsp3) is 0.333. The molecule has 1 saturated heterocycles. The van der Waals surface area contributed by atoms with Gasteiger partial charge in [0.15, 0.2) is 0 Å². The fourth-order valence-electron chi connectivity index (χ4n) is 3.88. The molecule has 4 rings (SSSR count). The number of hydrogen-bond acceptors (Lipinski definition) is 5. The van der Waals surface area contributed by atoms with E-state index in [0.717, 1.165) is 42.5 Å². The lowest BCUT2D eigenvalue weighted by Crippen LogP contribution is -2.18. The standard InChI is InChI=1S/C24H29N5/c1-4-29(22-9-7-8-18(2)16-22)23-17-19(3)25-24(27-23)26-20-10-12-21(13-11-20)28-14-5-6-15-28/h7-13,16-17H,4-6,14-15H2,1-3H3,(H,25,26,27). The van der Waals surface area contributed by atoms with Crippen LogP contribution in [0.3, 0.4) is 0 Å². The lowest BCUT2D eigenvalue weighted by molar-refractivity contribution is 0.949. The van der Waals surface area contributed by atoms with Crippen LogP contribution in [0.25, 0.3) is 0 Å². The maximum Gasteiger partial charge on any atom is 0.229 e. The van der Waals surface area contributed by atoms with E-state index in [0.29, 0.717) is 5.95 Å². The quantitative estimate of drug-likeness (QED) is 0.597. The third kappa shape index (κ3) is 4.50. The highest BCUT2D eigenvalue weighted by atomic mass is 15.2. The second-order valence-corrected chi connectivity index (χ2v) is 7.64. The Bertz CT molecular complexity index is 961. The van der Waals surface area contributed by atoms with E-state index in [9.17, 15) is 0 Å². The summed E-state index contributed by atoms with van der Waals surface area (Å²) in [6.45, 7) is 9.41. The predicted molar refractivity (Wildman–Crippen MR) is 122 cm³/mol. The van der Waals surface area contributed by atoms with Gasteiger partial charge in [0.05, 0.1) is 0 Å². The summed E-state index contributed by atoms with van der Waals surface area (Å²) in [5.41, 5.74) is 5.62. The largest absolute Gasteiger partial charge is 0.372 e. The van der Waals surface area contributed by atoms with Crippen molar-refractivity contribution in [3.63, 3.8) is 0 Å². The van der Waals surface area contributed by atoms with Crippen LogP contribution in [0.1, 0.15) is 31.0 Å². The number of benzene rings is 2. The summed E-state index contributed by atoms with van der Waals surface area (Å²) in [4.78, 5) is 14.0. The molecule has 1 aliphatic rings. The highest BCUT2D eigenvalue weighted by Crippen LogP contribution is 2.27. The first-order valence-electron chi connectivity index (χ1n) is 10.4. The SMILES string of the molecule is CCN(c1cccc(C)c1)c1cc(C)nc(Nc2ccc(N3CCCC3)cc2)n1. The number of rotatable bonds is 6. The van der Waals surface area contributed by atoms with Gasteiger partial charge in [-0.05, 0) is 75.6 Å². The Morgan fingerprint density at radius 2 is 1.72 bits per heavy atom. The van der Waals surface area contributed by atoms with Crippen molar-refractivity contribution < 1.29 is 0 Å². The van der Waals surface area contributed by atoms with E-state index in [2.05, 4.69) is 82.5 Å². The molecule has 0 unspecified atom stereocenters. The molecule has 1 aromatic heterocycles. The average Bonchev–Trinajstić information content (AvgIpc) is 3.24. The first kappa shape index (κ1) is 19.2. The van der Waals surface area contributed by atoms with Crippen LogP contribution < -0.4 is 15.1 Å². The third-order valence-electron chi connectivity index (χ3n) is 5.34. The zero-order chi connectivity index (χ0) is 20.2. The molecule has 2 heterocycles. The van der Waals surface area contributed by atoms with E-state index >= 15 is 0 Å². The molecule has 0 bridgehead atoms. The van der Waals surface area contributed by atoms with Crippen molar-refractivity contribution in [1.82, 2.24) is 9.97 Å². The van der Waals surface area contributed by atoms with Crippen LogP contribution in [0.2, 0.25) is 0 Å². The van der Waals surface area contributed by atoms with Gasteiger partial charge in [-0.3, -0.25) is 0 Å². The van der Waals surface area contributed by atoms with Gasteiger partial charge in [-0.1, -0.05) is 12.1 Å². The number of aryl methyl sites for hydroxylation is 2. The van der Waals surface area contributed by atoms with Crippen LogP contribution in [0, 0.1) is 13.8 Å². The second kappa shape index (κ2) is 8.52. The topological polar surface area (TPSA) is 44.3 Å². The smallest absolute Gasteiger partial charge is 0.229 e. The summed E-state index contributed by atoms with van der Waals surface area (Å²) < 4.78 is 0. The molecule has 5 heteroatoms. The predicted octanol–water partition coefficient (Wildman–Crippen LogP) is 5.60. The maximum absolute atomic E-state index is 4.80. The molecule has 1 aliphatic heterocycles. The number of aromatic nitrogens is 2. The van der Waals surface area contributed by atoms with Gasteiger partial charge in [0, 0.05) is 48.5 Å². The molecular formula is C24H29N5. The normalized spacial score (nSPS) is 13.6. The lowest BCUT2D eigenvalue weighted by atomic mass is 10.2. The van der Waals surface area contributed by atoms with Gasteiger partial charge < -0.3 is 15.1 Å². The monoisotopic (exact) mass is 387 g/mol. The maximum atomic E-state index is 4.80. The van der Waals surface area contributed by atoms with E-state index in [1.807, 2.05) is 13.0 Å². The summed E-state index contributed by atoms with van der Waals surface area (Å²) in [5, 5.41) is 3.38. The molecule has 3 aromatic rings. The van der Waals surface area contributed by atoms with Gasteiger partial charge in [0.1, 0.15) is 5.82 Å². The Labute approximate surface area is 173 Å². The van der Waals surface area contributed by atoms with Crippen LogP contribution in [-0.2, 0) is 0 Å². The van der Waals surface area contributed by atoms with Gasteiger partial charge in [-0.2, -0.15) is 4.98 Å². The highest BCUT2D eigenvalue weighted by molar-refractivity contribution is 5.64. The molecule has 1 N–H and O–H groups in total. The van der Waals surface area contributed by atoms with Crippen LogP contribution in [-0.4, -0.2) is 29.6 Å². The van der Waals surface area contributed by atoms with E-state index in [4.69, 9.17) is 4.98 Å². The Balaban J connectivity index is 1.56. The minimum absolute atomic E-state index is 0.625. The summed E-state index contributed by atoms with van der Waals surface area (Å²) in [5.74, 6) is 1.53. The zero-order valence-corrected chi connectivity index (χ0v) is 17.5. The molecular weight excluding hydrogens is 358 g/mol. The fourth-order valence-corrected chi connectivity index (χ4v) is 3.88. The summed E-state index contributed by atoms with van der Waals surface area (Å²) in [7, 11) is 0. The molecule has 0 atom stereocenters. The molecule has 29 heavy (non-hydrogen) atoms. The van der Waals surface area contributed by atoms with Crippen molar-refractivity contribution in [2.24, 2.45) is 0 Å². The Morgan fingerprint density at radius 3 is 2.41 bits per heavy atom. The number of nitrogens with one attached hydrogen (secondary N) is 1. The number of hydrogen-bond donors (Lipinski definition) is 1. The van der Waals surface area contributed by atoms with E-state index in [-0.39, 0.29) is 0 Å². The van der Waals surface area contributed by atoms with Crippen molar-refractivity contribution in [1.29, 1.82) is 0 Å². The zero-order valence-electron chi connectivity index (χ0n) is 17.5.